The van der Waals surface area contributed by atoms with Crippen molar-refractivity contribution in [1.82, 2.24) is 20.2 Å². The Morgan fingerprint density at radius 3 is 2.40 bits per heavy atom. The first-order valence-corrected chi connectivity index (χ1v) is 10.4. The second-order valence-electron chi connectivity index (χ2n) is 6.90. The third-order valence-corrected chi connectivity index (χ3v) is 5.79. The number of urea groups is 1. The van der Waals surface area contributed by atoms with Crippen LogP contribution < -0.4 is 10.6 Å². The van der Waals surface area contributed by atoms with Gasteiger partial charge in [0.2, 0.25) is 0 Å². The molecule has 0 saturated heterocycles. The number of hydrogen-bond acceptors (Lipinski definition) is 3. The summed E-state index contributed by atoms with van der Waals surface area (Å²) in [6, 6.07) is 17.2. The predicted molar refractivity (Wildman–Crippen MR) is 116 cm³/mol. The molecule has 2 amide bonds. The van der Waals surface area contributed by atoms with Gasteiger partial charge in [0.05, 0.1) is 18.4 Å². The van der Waals surface area contributed by atoms with Crippen LogP contribution in [0.3, 0.4) is 0 Å². The van der Waals surface area contributed by atoms with Crippen LogP contribution in [0, 0.1) is 5.82 Å². The van der Waals surface area contributed by atoms with Crippen molar-refractivity contribution in [3.8, 4) is 5.69 Å². The van der Waals surface area contributed by atoms with Crippen molar-refractivity contribution in [2.45, 2.75) is 19.0 Å². The van der Waals surface area contributed by atoms with Crippen LogP contribution in [0.25, 0.3) is 5.69 Å². The van der Waals surface area contributed by atoms with E-state index in [1.165, 1.54) is 12.1 Å². The lowest BCUT2D eigenvalue weighted by atomic mass is 10.1. The molecular formula is C23H21FN4OS. The van der Waals surface area contributed by atoms with Gasteiger partial charge in [-0.25, -0.2) is 14.2 Å². The second kappa shape index (κ2) is 8.92. The maximum atomic E-state index is 13.3. The molecule has 152 valence electrons. The van der Waals surface area contributed by atoms with Gasteiger partial charge in [0, 0.05) is 23.0 Å². The van der Waals surface area contributed by atoms with E-state index in [1.54, 1.807) is 36.0 Å². The maximum absolute atomic E-state index is 13.3. The first kappa shape index (κ1) is 19.8. The molecule has 30 heavy (non-hydrogen) atoms. The zero-order valence-electron chi connectivity index (χ0n) is 16.3. The molecule has 0 radical (unpaired) electrons. The van der Waals surface area contributed by atoms with E-state index in [9.17, 15) is 9.18 Å². The van der Waals surface area contributed by atoms with Crippen LogP contribution in [0.4, 0.5) is 9.18 Å². The molecule has 2 heterocycles. The largest absolute Gasteiger partial charge is 0.332 e. The molecule has 2 aromatic carbocycles. The number of amides is 2. The van der Waals surface area contributed by atoms with Crippen LogP contribution in [-0.4, -0.2) is 15.6 Å². The minimum atomic E-state index is -0.346. The number of halogens is 1. The summed E-state index contributed by atoms with van der Waals surface area (Å²) in [5, 5.41) is 7.95. The van der Waals surface area contributed by atoms with Gasteiger partial charge in [0.1, 0.15) is 5.82 Å². The fourth-order valence-corrected chi connectivity index (χ4v) is 4.03. The Kier molecular flexibility index (Phi) is 5.90. The van der Waals surface area contributed by atoms with Gasteiger partial charge in [-0.05, 0) is 53.8 Å². The lowest BCUT2D eigenvalue weighted by Gasteiger charge is -2.21. The van der Waals surface area contributed by atoms with E-state index in [1.807, 2.05) is 59.5 Å². The molecule has 2 atom stereocenters. The van der Waals surface area contributed by atoms with Crippen LogP contribution in [0.15, 0.2) is 84.8 Å². The fourth-order valence-electron chi connectivity index (χ4n) is 3.23. The number of carbonyl (C=O) groups is 1. The van der Waals surface area contributed by atoms with Crippen LogP contribution in [0.1, 0.15) is 35.0 Å². The molecule has 0 spiro atoms. The highest BCUT2D eigenvalue weighted by atomic mass is 32.1. The molecular weight excluding hydrogens is 399 g/mol. The number of nitrogens with zero attached hydrogens (tertiary/aromatic N) is 2. The smallest absolute Gasteiger partial charge is 0.316 e. The van der Waals surface area contributed by atoms with E-state index in [0.29, 0.717) is 0 Å². The SMILES string of the molecule is C[C@H](NC(=O)N[C@H](c1ccc(F)cc1)c1cccs1)c1ccc(-n2ccnc2)cc1. The third-order valence-electron chi connectivity index (χ3n) is 4.85. The molecule has 0 aliphatic carbocycles. The standard InChI is InChI=1S/C23H21FN4OS/c1-16(17-6-10-20(11-7-17)28-13-12-25-15-28)26-23(29)27-22(21-3-2-14-30-21)18-4-8-19(24)9-5-18/h2-16,22H,1H3,(H2,26,27,29)/t16-,22+/m0/s1. The van der Waals surface area contributed by atoms with Crippen molar-refractivity contribution in [2.24, 2.45) is 0 Å². The summed E-state index contributed by atoms with van der Waals surface area (Å²) in [6.45, 7) is 1.93. The third kappa shape index (κ3) is 4.58. The maximum Gasteiger partial charge on any atom is 0.316 e. The van der Waals surface area contributed by atoms with Gasteiger partial charge in [0.15, 0.2) is 0 Å². The topological polar surface area (TPSA) is 59.0 Å². The Morgan fingerprint density at radius 2 is 1.77 bits per heavy atom. The van der Waals surface area contributed by atoms with Gasteiger partial charge in [-0.2, -0.15) is 0 Å². The van der Waals surface area contributed by atoms with Crippen molar-refractivity contribution in [3.05, 3.63) is 107 Å². The summed E-state index contributed by atoms with van der Waals surface area (Å²) in [7, 11) is 0. The normalized spacial score (nSPS) is 12.9. The van der Waals surface area contributed by atoms with Crippen molar-refractivity contribution in [1.29, 1.82) is 0 Å². The van der Waals surface area contributed by atoms with Gasteiger partial charge in [-0.3, -0.25) is 0 Å². The Morgan fingerprint density at radius 1 is 1.03 bits per heavy atom. The Hall–Kier alpha value is -3.45. The molecule has 4 rings (SSSR count). The van der Waals surface area contributed by atoms with Crippen molar-refractivity contribution < 1.29 is 9.18 Å². The summed E-state index contributed by atoms with van der Waals surface area (Å²) in [4.78, 5) is 17.8. The van der Waals surface area contributed by atoms with Gasteiger partial charge >= 0.3 is 6.03 Å². The summed E-state index contributed by atoms with van der Waals surface area (Å²) in [5.74, 6) is -0.305. The Bertz CT molecular complexity index is 1080. The molecule has 0 aliphatic rings. The quantitative estimate of drug-likeness (QED) is 0.449. The van der Waals surface area contributed by atoms with E-state index in [4.69, 9.17) is 0 Å². The van der Waals surface area contributed by atoms with E-state index >= 15 is 0 Å². The first-order chi connectivity index (χ1) is 14.6. The summed E-state index contributed by atoms with van der Waals surface area (Å²) in [6.07, 6.45) is 5.35. The molecule has 5 nitrogen and oxygen atoms in total. The number of nitrogens with one attached hydrogen (secondary N) is 2. The van der Waals surface area contributed by atoms with Crippen molar-refractivity contribution >= 4 is 17.4 Å². The highest BCUT2D eigenvalue weighted by Gasteiger charge is 2.19. The summed E-state index contributed by atoms with van der Waals surface area (Å²) >= 11 is 1.54. The molecule has 4 aromatic rings. The van der Waals surface area contributed by atoms with Gasteiger partial charge in [-0.15, -0.1) is 11.3 Å². The summed E-state index contributed by atoms with van der Waals surface area (Å²) < 4.78 is 15.3. The fraction of sp³-hybridized carbons (Fsp3) is 0.130. The number of imidazole rings is 1. The zero-order chi connectivity index (χ0) is 20.9. The number of carbonyl (C=O) groups excluding carboxylic acids is 1. The van der Waals surface area contributed by atoms with E-state index in [-0.39, 0.29) is 23.9 Å². The first-order valence-electron chi connectivity index (χ1n) is 9.54. The molecule has 0 aliphatic heterocycles. The molecule has 0 unspecified atom stereocenters. The van der Waals surface area contributed by atoms with Crippen LogP contribution >= 0.6 is 11.3 Å². The lowest BCUT2D eigenvalue weighted by Crippen LogP contribution is -2.39. The Balaban J connectivity index is 1.44. The van der Waals surface area contributed by atoms with Gasteiger partial charge in [0.25, 0.3) is 0 Å². The number of aromatic nitrogens is 2. The highest BCUT2D eigenvalue weighted by Crippen LogP contribution is 2.26. The van der Waals surface area contributed by atoms with E-state index in [2.05, 4.69) is 15.6 Å². The summed E-state index contributed by atoms with van der Waals surface area (Å²) in [5.41, 5.74) is 2.82. The van der Waals surface area contributed by atoms with Gasteiger partial charge in [-0.1, -0.05) is 30.3 Å². The van der Waals surface area contributed by atoms with E-state index < -0.39 is 0 Å². The Labute approximate surface area is 178 Å². The number of rotatable bonds is 6. The van der Waals surface area contributed by atoms with Crippen molar-refractivity contribution in [2.75, 3.05) is 0 Å². The number of thiophene rings is 1. The molecule has 2 aromatic heterocycles. The highest BCUT2D eigenvalue weighted by molar-refractivity contribution is 7.10. The molecule has 0 bridgehead atoms. The van der Waals surface area contributed by atoms with Crippen LogP contribution in [0.5, 0.6) is 0 Å². The van der Waals surface area contributed by atoms with E-state index in [0.717, 1.165) is 21.7 Å². The number of benzene rings is 2. The lowest BCUT2D eigenvalue weighted by molar-refractivity contribution is 0.236. The molecule has 7 heteroatoms. The molecule has 0 fully saturated rings. The molecule has 0 saturated carbocycles. The second-order valence-corrected chi connectivity index (χ2v) is 7.88. The predicted octanol–water partition coefficient (Wildman–Crippen LogP) is 5.22. The zero-order valence-corrected chi connectivity index (χ0v) is 17.1. The van der Waals surface area contributed by atoms with Crippen LogP contribution in [-0.2, 0) is 0 Å². The minimum absolute atomic E-state index is 0.181. The average molecular weight is 421 g/mol. The average Bonchev–Trinajstić information content (AvgIpc) is 3.47. The molecule has 2 N–H and O–H groups in total. The van der Waals surface area contributed by atoms with Crippen molar-refractivity contribution in [3.63, 3.8) is 0 Å². The number of hydrogen-bond donors (Lipinski definition) is 2. The van der Waals surface area contributed by atoms with Gasteiger partial charge < -0.3 is 15.2 Å². The van der Waals surface area contributed by atoms with Crippen LogP contribution in [0.2, 0.25) is 0 Å². The monoisotopic (exact) mass is 420 g/mol. The minimum Gasteiger partial charge on any atom is -0.332 e.